The minimum atomic E-state index is 0.409. The van der Waals surface area contributed by atoms with Crippen LogP contribution in [0.5, 0.6) is 0 Å². The number of hydrogen-bond acceptors (Lipinski definition) is 2. The summed E-state index contributed by atoms with van der Waals surface area (Å²) in [5.74, 6) is 0. The van der Waals surface area contributed by atoms with Gasteiger partial charge in [-0.3, -0.25) is 0 Å². The summed E-state index contributed by atoms with van der Waals surface area (Å²) in [5, 5.41) is 3.64. The van der Waals surface area contributed by atoms with Crippen molar-refractivity contribution in [3.63, 3.8) is 0 Å². The molecule has 0 spiro atoms. The van der Waals surface area contributed by atoms with E-state index in [4.69, 9.17) is 4.74 Å². The van der Waals surface area contributed by atoms with Gasteiger partial charge in [-0.25, -0.2) is 0 Å². The van der Waals surface area contributed by atoms with E-state index in [0.29, 0.717) is 5.41 Å². The van der Waals surface area contributed by atoms with Gasteiger partial charge in [-0.05, 0) is 61.3 Å². The van der Waals surface area contributed by atoms with E-state index >= 15 is 0 Å². The fourth-order valence-electron chi connectivity index (χ4n) is 2.75. The van der Waals surface area contributed by atoms with Gasteiger partial charge in [0, 0.05) is 26.3 Å². The molecule has 1 aromatic rings. The van der Waals surface area contributed by atoms with Crippen LogP contribution in [0.1, 0.15) is 42.0 Å². The highest BCUT2D eigenvalue weighted by molar-refractivity contribution is 5.36. The summed E-state index contributed by atoms with van der Waals surface area (Å²) < 4.78 is 5.45. The lowest BCUT2D eigenvalue weighted by Crippen LogP contribution is -2.36. The smallest absolute Gasteiger partial charge is 0.0471 e. The van der Waals surface area contributed by atoms with Gasteiger partial charge >= 0.3 is 0 Å². The molecule has 1 aliphatic rings. The third-order valence-electron chi connectivity index (χ3n) is 4.52. The second-order valence-corrected chi connectivity index (χ2v) is 6.39. The van der Waals surface area contributed by atoms with Crippen molar-refractivity contribution >= 4 is 0 Å². The number of nitrogens with one attached hydrogen (secondary N) is 1. The maximum Gasteiger partial charge on any atom is 0.0471 e. The topological polar surface area (TPSA) is 21.3 Å². The van der Waals surface area contributed by atoms with Crippen molar-refractivity contribution < 1.29 is 4.74 Å². The van der Waals surface area contributed by atoms with Crippen molar-refractivity contribution in [2.24, 2.45) is 5.41 Å². The average molecular weight is 261 g/mol. The molecule has 1 N–H and O–H groups in total. The lowest BCUT2D eigenvalue weighted by atomic mass is 9.82. The van der Waals surface area contributed by atoms with Crippen molar-refractivity contribution in [2.75, 3.05) is 19.8 Å². The lowest BCUT2D eigenvalue weighted by Gasteiger charge is -2.33. The van der Waals surface area contributed by atoms with E-state index in [1.807, 2.05) is 0 Å². The first-order chi connectivity index (χ1) is 9.00. The van der Waals surface area contributed by atoms with E-state index in [0.717, 1.165) is 26.3 Å². The Balaban J connectivity index is 1.90. The van der Waals surface area contributed by atoms with Crippen LogP contribution in [0.2, 0.25) is 0 Å². The Morgan fingerprint density at radius 3 is 2.37 bits per heavy atom. The Kier molecular flexibility index (Phi) is 4.64. The summed E-state index contributed by atoms with van der Waals surface area (Å²) in [6, 6.07) is 4.62. The Hall–Kier alpha value is -0.860. The second kappa shape index (κ2) is 6.06. The highest BCUT2D eigenvalue weighted by Gasteiger charge is 2.26. The zero-order valence-electron chi connectivity index (χ0n) is 12.8. The Bertz CT molecular complexity index is 433. The molecule has 0 radical (unpaired) electrons. The SMILES string of the molecule is Cc1cc(C)c(CNCC2(C)CCOCC2)cc1C. The Labute approximate surface area is 117 Å². The van der Waals surface area contributed by atoms with Gasteiger partial charge in [0.2, 0.25) is 0 Å². The van der Waals surface area contributed by atoms with Crippen molar-refractivity contribution in [3.8, 4) is 0 Å². The monoisotopic (exact) mass is 261 g/mol. The summed E-state index contributed by atoms with van der Waals surface area (Å²) in [5.41, 5.74) is 6.01. The molecule has 1 saturated heterocycles. The van der Waals surface area contributed by atoms with E-state index in [1.165, 1.54) is 35.1 Å². The number of ether oxygens (including phenoxy) is 1. The van der Waals surface area contributed by atoms with Crippen molar-refractivity contribution in [1.29, 1.82) is 0 Å². The minimum absolute atomic E-state index is 0.409. The Morgan fingerprint density at radius 2 is 1.68 bits per heavy atom. The molecule has 0 aliphatic carbocycles. The molecule has 1 fully saturated rings. The van der Waals surface area contributed by atoms with Crippen LogP contribution in [0, 0.1) is 26.2 Å². The molecule has 0 saturated carbocycles. The van der Waals surface area contributed by atoms with Crippen LogP contribution in [0.3, 0.4) is 0 Å². The first-order valence-corrected chi connectivity index (χ1v) is 7.35. The largest absolute Gasteiger partial charge is 0.381 e. The van der Waals surface area contributed by atoms with Gasteiger partial charge in [-0.1, -0.05) is 19.1 Å². The molecule has 0 bridgehead atoms. The first-order valence-electron chi connectivity index (χ1n) is 7.35. The quantitative estimate of drug-likeness (QED) is 0.895. The summed E-state index contributed by atoms with van der Waals surface area (Å²) >= 11 is 0. The maximum absolute atomic E-state index is 5.45. The standard InChI is InChI=1S/C17H27NO/c1-13-9-15(3)16(10-14(13)2)11-18-12-17(4)5-7-19-8-6-17/h9-10,18H,5-8,11-12H2,1-4H3. The molecule has 1 heterocycles. The van der Waals surface area contributed by atoms with E-state index in [2.05, 4.69) is 45.1 Å². The number of hydrogen-bond donors (Lipinski definition) is 1. The lowest BCUT2D eigenvalue weighted by molar-refractivity contribution is 0.0240. The second-order valence-electron chi connectivity index (χ2n) is 6.39. The zero-order valence-corrected chi connectivity index (χ0v) is 12.8. The Morgan fingerprint density at radius 1 is 1.05 bits per heavy atom. The molecule has 2 nitrogen and oxygen atoms in total. The van der Waals surface area contributed by atoms with Crippen LogP contribution in [-0.4, -0.2) is 19.8 Å². The summed E-state index contributed by atoms with van der Waals surface area (Å²) in [6.45, 7) is 12.9. The molecule has 2 heteroatoms. The van der Waals surface area contributed by atoms with Gasteiger partial charge in [0.15, 0.2) is 0 Å². The van der Waals surface area contributed by atoms with Crippen LogP contribution in [0.15, 0.2) is 12.1 Å². The molecule has 19 heavy (non-hydrogen) atoms. The molecule has 1 aliphatic heterocycles. The van der Waals surface area contributed by atoms with E-state index < -0.39 is 0 Å². The fourth-order valence-corrected chi connectivity index (χ4v) is 2.75. The minimum Gasteiger partial charge on any atom is -0.381 e. The molecular formula is C17H27NO. The molecule has 0 aromatic heterocycles. The predicted octanol–water partition coefficient (Wildman–Crippen LogP) is 3.52. The van der Waals surface area contributed by atoms with E-state index in [-0.39, 0.29) is 0 Å². The van der Waals surface area contributed by atoms with Crippen LogP contribution in [0.4, 0.5) is 0 Å². The van der Waals surface area contributed by atoms with Crippen molar-refractivity contribution in [1.82, 2.24) is 5.32 Å². The molecule has 0 atom stereocenters. The van der Waals surface area contributed by atoms with Crippen molar-refractivity contribution in [2.45, 2.75) is 47.1 Å². The van der Waals surface area contributed by atoms with Crippen LogP contribution in [0.25, 0.3) is 0 Å². The van der Waals surface area contributed by atoms with E-state index in [9.17, 15) is 0 Å². The van der Waals surface area contributed by atoms with Gasteiger partial charge in [0.1, 0.15) is 0 Å². The van der Waals surface area contributed by atoms with Gasteiger partial charge in [0.05, 0.1) is 0 Å². The first kappa shape index (κ1) is 14.5. The highest BCUT2D eigenvalue weighted by Crippen LogP contribution is 2.28. The number of rotatable bonds is 4. The fraction of sp³-hybridized carbons (Fsp3) is 0.647. The van der Waals surface area contributed by atoms with Gasteiger partial charge < -0.3 is 10.1 Å². The maximum atomic E-state index is 5.45. The average Bonchev–Trinajstić information content (AvgIpc) is 2.36. The van der Waals surface area contributed by atoms with Gasteiger partial charge in [-0.15, -0.1) is 0 Å². The molecule has 0 amide bonds. The number of benzene rings is 1. The molecular weight excluding hydrogens is 234 g/mol. The van der Waals surface area contributed by atoms with Crippen molar-refractivity contribution in [3.05, 3.63) is 34.4 Å². The molecule has 106 valence electrons. The molecule has 0 unspecified atom stereocenters. The highest BCUT2D eigenvalue weighted by atomic mass is 16.5. The normalized spacial score (nSPS) is 18.5. The zero-order chi connectivity index (χ0) is 13.9. The molecule has 2 rings (SSSR count). The number of aryl methyl sites for hydroxylation is 3. The summed E-state index contributed by atoms with van der Waals surface area (Å²) in [4.78, 5) is 0. The van der Waals surface area contributed by atoms with Crippen LogP contribution >= 0.6 is 0 Å². The van der Waals surface area contributed by atoms with Gasteiger partial charge in [-0.2, -0.15) is 0 Å². The van der Waals surface area contributed by atoms with Gasteiger partial charge in [0.25, 0.3) is 0 Å². The third kappa shape index (κ3) is 3.80. The van der Waals surface area contributed by atoms with E-state index in [1.54, 1.807) is 0 Å². The molecule has 1 aromatic carbocycles. The third-order valence-corrected chi connectivity index (χ3v) is 4.52. The summed E-state index contributed by atoms with van der Waals surface area (Å²) in [6.07, 6.45) is 2.35. The summed E-state index contributed by atoms with van der Waals surface area (Å²) in [7, 11) is 0. The van der Waals surface area contributed by atoms with Crippen LogP contribution < -0.4 is 5.32 Å². The van der Waals surface area contributed by atoms with Crippen LogP contribution in [-0.2, 0) is 11.3 Å². The predicted molar refractivity (Wildman–Crippen MR) is 80.5 cm³/mol.